The number of hydrogen-bond acceptors (Lipinski definition) is 3. The molecule has 2 rings (SSSR count). The van der Waals surface area contributed by atoms with Gasteiger partial charge in [-0.25, -0.2) is 0 Å². The molecule has 0 amide bonds. The molecule has 0 aliphatic carbocycles. The van der Waals surface area contributed by atoms with Crippen molar-refractivity contribution < 1.29 is 0 Å². The van der Waals surface area contributed by atoms with Crippen LogP contribution in [0.1, 0.15) is 40.5 Å². The van der Waals surface area contributed by atoms with Gasteiger partial charge in [-0.1, -0.05) is 40.5 Å². The molecule has 3 heteroatoms. The van der Waals surface area contributed by atoms with Crippen LogP contribution in [-0.2, 0) is 0 Å². The van der Waals surface area contributed by atoms with Crippen molar-refractivity contribution in [1.29, 1.82) is 0 Å². The largest absolute Gasteiger partial charge is 0.262 e. The van der Waals surface area contributed by atoms with E-state index in [-0.39, 0.29) is 0 Å². The molecule has 0 atom stereocenters. The highest BCUT2D eigenvalue weighted by molar-refractivity contribution is 5.71. The van der Waals surface area contributed by atoms with Crippen LogP contribution in [0.5, 0.6) is 0 Å². The topological polar surface area (TPSA) is 38.7 Å². The van der Waals surface area contributed by atoms with Gasteiger partial charge in [0.25, 0.3) is 0 Å². The van der Waals surface area contributed by atoms with Gasteiger partial charge in [-0.05, 0) is 6.07 Å². The lowest BCUT2D eigenvalue weighted by molar-refractivity contribution is 0.886. The van der Waals surface area contributed by atoms with Crippen LogP contribution in [0.3, 0.4) is 0 Å². The molecule has 2 aromatic heterocycles. The van der Waals surface area contributed by atoms with Gasteiger partial charge in [-0.3, -0.25) is 15.0 Å². The minimum atomic E-state index is 0.838. The molecule has 0 bridgehead atoms. The number of hydrogen-bond donors (Lipinski definition) is 0. The first kappa shape index (κ1) is 14.5. The molecule has 0 aliphatic rings. The zero-order valence-electron chi connectivity index (χ0n) is 10.6. The molecule has 0 fully saturated rings. The summed E-state index contributed by atoms with van der Waals surface area (Å²) in [4.78, 5) is 12.0. The van der Waals surface area contributed by atoms with Crippen LogP contribution in [0.15, 0.2) is 30.9 Å². The van der Waals surface area contributed by atoms with Crippen molar-refractivity contribution in [3.05, 3.63) is 30.9 Å². The average Bonchev–Trinajstić information content (AvgIpc) is 2.41. The van der Waals surface area contributed by atoms with Crippen LogP contribution in [0, 0.1) is 0 Å². The maximum atomic E-state index is 4.08. The zero-order chi connectivity index (χ0) is 12.2. The van der Waals surface area contributed by atoms with E-state index in [0.717, 1.165) is 11.0 Å². The van der Waals surface area contributed by atoms with E-state index in [9.17, 15) is 0 Å². The number of unbranched alkanes of at least 4 members (excludes halogenated alkanes) is 1. The maximum Gasteiger partial charge on any atom is 0.107 e. The van der Waals surface area contributed by atoms with Crippen molar-refractivity contribution in [1.82, 2.24) is 15.0 Å². The van der Waals surface area contributed by atoms with Crippen LogP contribution in [-0.4, -0.2) is 15.0 Å². The van der Waals surface area contributed by atoms with E-state index in [1.807, 2.05) is 19.9 Å². The van der Waals surface area contributed by atoms with Crippen LogP contribution >= 0.6 is 0 Å². The quantitative estimate of drug-likeness (QED) is 0.731. The van der Waals surface area contributed by atoms with E-state index in [2.05, 4.69) is 28.8 Å². The first-order chi connectivity index (χ1) is 7.88. The fourth-order valence-corrected chi connectivity index (χ4v) is 0.815. The van der Waals surface area contributed by atoms with Crippen molar-refractivity contribution in [2.24, 2.45) is 0 Å². The molecule has 0 aromatic carbocycles. The first-order valence-electron chi connectivity index (χ1n) is 5.89. The minimum absolute atomic E-state index is 0.838. The second-order valence-electron chi connectivity index (χ2n) is 2.92. The Morgan fingerprint density at radius 2 is 1.44 bits per heavy atom. The van der Waals surface area contributed by atoms with Crippen molar-refractivity contribution in [2.75, 3.05) is 0 Å². The van der Waals surface area contributed by atoms with Gasteiger partial charge in [-0.15, -0.1) is 0 Å². The predicted octanol–water partition coefficient (Wildman–Crippen LogP) is 3.86. The molecule has 3 nitrogen and oxygen atoms in total. The van der Waals surface area contributed by atoms with E-state index in [4.69, 9.17) is 0 Å². The smallest absolute Gasteiger partial charge is 0.107 e. The fourth-order valence-electron chi connectivity index (χ4n) is 0.815. The Bertz CT molecular complexity index is 307. The van der Waals surface area contributed by atoms with Gasteiger partial charge in [-0.2, -0.15) is 0 Å². The van der Waals surface area contributed by atoms with Gasteiger partial charge in [0.2, 0.25) is 0 Å². The second kappa shape index (κ2) is 10.0. The molecule has 2 heterocycles. The summed E-state index contributed by atoms with van der Waals surface area (Å²) in [6.07, 6.45) is 9.37. The summed E-state index contributed by atoms with van der Waals surface area (Å²) < 4.78 is 0. The first-order valence-corrected chi connectivity index (χ1v) is 5.89. The highest BCUT2D eigenvalue weighted by atomic mass is 14.8. The van der Waals surface area contributed by atoms with Crippen LogP contribution in [0.4, 0.5) is 0 Å². The number of fused-ring (bicyclic) bond motifs is 1. The third kappa shape index (κ3) is 5.39. The van der Waals surface area contributed by atoms with Crippen molar-refractivity contribution >= 4 is 11.0 Å². The Morgan fingerprint density at radius 1 is 0.875 bits per heavy atom. The zero-order valence-corrected chi connectivity index (χ0v) is 10.6. The fraction of sp³-hybridized carbons (Fsp3) is 0.462. The normalized spacial score (nSPS) is 8.50. The van der Waals surface area contributed by atoms with Gasteiger partial charge in [0.15, 0.2) is 0 Å². The molecule has 0 saturated heterocycles. The molecule has 2 aromatic rings. The maximum absolute atomic E-state index is 4.08. The molecule has 0 unspecified atom stereocenters. The molecule has 0 radical (unpaired) electrons. The lowest BCUT2D eigenvalue weighted by Gasteiger charge is -1.90. The highest BCUT2D eigenvalue weighted by Gasteiger charge is 1.89. The molecular formula is C13H21N3. The summed E-state index contributed by atoms with van der Waals surface area (Å²) in [5.74, 6) is 0. The summed E-state index contributed by atoms with van der Waals surface area (Å²) in [7, 11) is 0. The summed E-state index contributed by atoms with van der Waals surface area (Å²) in [5.41, 5.74) is 1.72. The summed E-state index contributed by atoms with van der Waals surface area (Å²) in [6, 6.07) is 1.84. The molecule has 0 N–H and O–H groups in total. The van der Waals surface area contributed by atoms with E-state index >= 15 is 0 Å². The Balaban J connectivity index is 0.000000323. The number of rotatable bonds is 1. The Morgan fingerprint density at radius 3 is 1.94 bits per heavy atom. The Kier molecular flexibility index (Phi) is 9.08. The number of pyridine rings is 1. The van der Waals surface area contributed by atoms with E-state index in [1.165, 1.54) is 12.8 Å². The highest BCUT2D eigenvalue weighted by Crippen LogP contribution is 2.02. The molecule has 0 aliphatic heterocycles. The van der Waals surface area contributed by atoms with Gasteiger partial charge in [0.1, 0.15) is 5.52 Å². The Labute approximate surface area is 98.0 Å². The minimum Gasteiger partial charge on any atom is -0.262 e. The van der Waals surface area contributed by atoms with Crippen LogP contribution in [0.25, 0.3) is 11.0 Å². The SMILES string of the molecule is CC.CCCC.c1cc2nccnc2cn1. The van der Waals surface area contributed by atoms with E-state index in [1.54, 1.807) is 24.8 Å². The van der Waals surface area contributed by atoms with Crippen molar-refractivity contribution in [2.45, 2.75) is 40.5 Å². The summed E-state index contributed by atoms with van der Waals surface area (Å²) in [6.45, 7) is 8.36. The molecular weight excluding hydrogens is 198 g/mol. The second-order valence-corrected chi connectivity index (χ2v) is 2.92. The van der Waals surface area contributed by atoms with Crippen LogP contribution in [0.2, 0.25) is 0 Å². The summed E-state index contributed by atoms with van der Waals surface area (Å²) in [5, 5.41) is 0. The molecule has 88 valence electrons. The van der Waals surface area contributed by atoms with Crippen molar-refractivity contribution in [3.8, 4) is 0 Å². The monoisotopic (exact) mass is 219 g/mol. The predicted molar refractivity (Wildman–Crippen MR) is 69.3 cm³/mol. The van der Waals surface area contributed by atoms with Gasteiger partial charge >= 0.3 is 0 Å². The molecule has 0 saturated carbocycles. The Hall–Kier alpha value is -1.51. The van der Waals surface area contributed by atoms with Gasteiger partial charge in [0.05, 0.1) is 11.7 Å². The third-order valence-corrected chi connectivity index (χ3v) is 1.77. The van der Waals surface area contributed by atoms with Crippen LogP contribution < -0.4 is 0 Å². The molecule has 16 heavy (non-hydrogen) atoms. The lowest BCUT2D eigenvalue weighted by Crippen LogP contribution is -1.81. The standard InChI is InChI=1S/C7H5N3.C4H10.C2H6/c1-2-8-5-7-6(1)9-3-4-10-7;1-3-4-2;1-2/h1-5H;3-4H2,1-2H3;1-2H3. The number of aromatic nitrogens is 3. The third-order valence-electron chi connectivity index (χ3n) is 1.77. The number of nitrogens with zero attached hydrogens (tertiary/aromatic N) is 3. The average molecular weight is 219 g/mol. The van der Waals surface area contributed by atoms with Gasteiger partial charge < -0.3 is 0 Å². The van der Waals surface area contributed by atoms with E-state index < -0.39 is 0 Å². The molecule has 0 spiro atoms. The summed E-state index contributed by atoms with van der Waals surface area (Å²) >= 11 is 0. The van der Waals surface area contributed by atoms with E-state index in [0.29, 0.717) is 0 Å². The van der Waals surface area contributed by atoms with Crippen molar-refractivity contribution in [3.63, 3.8) is 0 Å². The lowest BCUT2D eigenvalue weighted by atomic mass is 10.4. The van der Waals surface area contributed by atoms with Gasteiger partial charge in [0, 0.05) is 18.6 Å².